The molecule has 1 aliphatic rings. The summed E-state index contributed by atoms with van der Waals surface area (Å²) in [7, 11) is 0. The van der Waals surface area contributed by atoms with Crippen LogP contribution in [0.4, 0.5) is 4.39 Å². The zero-order valence-electron chi connectivity index (χ0n) is 18.2. The van der Waals surface area contributed by atoms with Crippen LogP contribution in [0.2, 0.25) is 5.02 Å². The highest BCUT2D eigenvalue weighted by atomic mass is 35.5. The first-order valence-electron chi connectivity index (χ1n) is 10.7. The van der Waals surface area contributed by atoms with Gasteiger partial charge in [0, 0.05) is 24.5 Å². The maximum absolute atomic E-state index is 13.2. The zero-order valence-corrected chi connectivity index (χ0v) is 18.9. The van der Waals surface area contributed by atoms with Crippen LogP contribution in [0, 0.1) is 5.82 Å². The Morgan fingerprint density at radius 3 is 2.75 bits per heavy atom. The summed E-state index contributed by atoms with van der Waals surface area (Å²) in [5.41, 5.74) is -0.0945. The number of carbonyl (C=O) groups excluding carboxylic acids is 1. The highest BCUT2D eigenvalue weighted by Gasteiger charge is 2.37. The van der Waals surface area contributed by atoms with E-state index in [0.29, 0.717) is 36.2 Å². The average molecular weight is 457 g/mol. The van der Waals surface area contributed by atoms with Crippen molar-refractivity contribution in [2.45, 2.75) is 44.6 Å². The Balaban J connectivity index is 1.41. The van der Waals surface area contributed by atoms with Crippen molar-refractivity contribution >= 4 is 17.5 Å². The van der Waals surface area contributed by atoms with Gasteiger partial charge in [-0.1, -0.05) is 29.8 Å². The zero-order chi connectivity index (χ0) is 22.7. The molecule has 0 spiro atoms. The van der Waals surface area contributed by atoms with Crippen molar-refractivity contribution in [3.8, 4) is 5.75 Å². The number of carbonyl (C=O) groups is 1. The van der Waals surface area contributed by atoms with E-state index in [2.05, 4.69) is 4.98 Å². The lowest BCUT2D eigenvalue weighted by atomic mass is 9.96. The van der Waals surface area contributed by atoms with Gasteiger partial charge in [0.05, 0.1) is 12.1 Å². The number of nitrogens with zero attached hydrogens (tertiary/aromatic N) is 2. The van der Waals surface area contributed by atoms with Crippen LogP contribution < -0.4 is 4.74 Å². The van der Waals surface area contributed by atoms with E-state index < -0.39 is 5.60 Å². The van der Waals surface area contributed by atoms with Crippen LogP contribution in [0.1, 0.15) is 49.8 Å². The Morgan fingerprint density at radius 2 is 2.00 bits per heavy atom. The number of piperidine rings is 1. The van der Waals surface area contributed by atoms with Gasteiger partial charge < -0.3 is 14.1 Å². The monoisotopic (exact) mass is 456 g/mol. The van der Waals surface area contributed by atoms with Crippen LogP contribution in [-0.2, 0) is 11.2 Å². The summed E-state index contributed by atoms with van der Waals surface area (Å²) in [6, 6.07) is 13.3. The number of amides is 1. The predicted octanol–water partition coefficient (Wildman–Crippen LogP) is 5.62. The molecule has 5 nitrogen and oxygen atoms in total. The third kappa shape index (κ3) is 5.13. The second kappa shape index (κ2) is 9.33. The molecule has 1 atom stereocenters. The quantitative estimate of drug-likeness (QED) is 0.483. The number of aromatic nitrogens is 1. The van der Waals surface area contributed by atoms with Gasteiger partial charge in [-0.2, -0.15) is 0 Å². The van der Waals surface area contributed by atoms with Crippen LogP contribution in [0.25, 0.3) is 0 Å². The SMILES string of the molecule is CC(C)(Oc1ccc(F)cc1)C(=O)N1CCCC(c2ncc(Cc3ccccc3Cl)o2)C1. The summed E-state index contributed by atoms with van der Waals surface area (Å²) in [5.74, 6) is 1.40. The number of hydrogen-bond acceptors (Lipinski definition) is 4. The van der Waals surface area contributed by atoms with Crippen molar-refractivity contribution in [3.05, 3.63) is 82.8 Å². The highest BCUT2D eigenvalue weighted by molar-refractivity contribution is 6.31. The van der Waals surface area contributed by atoms with Crippen LogP contribution in [0.15, 0.2) is 59.1 Å². The number of likely N-dealkylation sites (tertiary alicyclic amines) is 1. The minimum absolute atomic E-state index is 0.0225. The Labute approximate surface area is 192 Å². The van der Waals surface area contributed by atoms with Gasteiger partial charge in [-0.3, -0.25) is 4.79 Å². The fourth-order valence-corrected chi connectivity index (χ4v) is 4.21. The van der Waals surface area contributed by atoms with Crippen molar-refractivity contribution in [3.63, 3.8) is 0 Å². The van der Waals surface area contributed by atoms with Crippen molar-refractivity contribution < 1.29 is 18.3 Å². The van der Waals surface area contributed by atoms with Crippen LogP contribution >= 0.6 is 11.6 Å². The lowest BCUT2D eigenvalue weighted by molar-refractivity contribution is -0.146. The van der Waals surface area contributed by atoms with Gasteiger partial charge in [0.15, 0.2) is 11.5 Å². The van der Waals surface area contributed by atoms with Gasteiger partial charge >= 0.3 is 0 Å². The molecular weight excluding hydrogens is 431 g/mol. The molecule has 0 bridgehead atoms. The second-order valence-electron chi connectivity index (χ2n) is 8.59. The second-order valence-corrected chi connectivity index (χ2v) is 9.00. The Morgan fingerprint density at radius 1 is 1.25 bits per heavy atom. The number of hydrogen-bond donors (Lipinski definition) is 0. The summed E-state index contributed by atoms with van der Waals surface area (Å²) < 4.78 is 25.1. The van der Waals surface area contributed by atoms with Crippen molar-refractivity contribution in [2.24, 2.45) is 0 Å². The van der Waals surface area contributed by atoms with E-state index in [1.165, 1.54) is 24.3 Å². The molecule has 0 aliphatic carbocycles. The molecular formula is C25H26ClFN2O3. The van der Waals surface area contributed by atoms with E-state index in [0.717, 1.165) is 24.2 Å². The largest absolute Gasteiger partial charge is 0.478 e. The fourth-order valence-electron chi connectivity index (χ4n) is 4.01. The van der Waals surface area contributed by atoms with Crippen molar-refractivity contribution in [2.75, 3.05) is 13.1 Å². The lowest BCUT2D eigenvalue weighted by Crippen LogP contribution is -2.51. The van der Waals surface area contributed by atoms with E-state index in [-0.39, 0.29) is 17.6 Å². The summed E-state index contributed by atoms with van der Waals surface area (Å²) in [6.45, 7) is 4.63. The summed E-state index contributed by atoms with van der Waals surface area (Å²) in [5, 5.41) is 0.697. The number of benzene rings is 2. The first-order chi connectivity index (χ1) is 15.3. The average Bonchev–Trinajstić information content (AvgIpc) is 3.25. The first-order valence-corrected chi connectivity index (χ1v) is 11.1. The minimum Gasteiger partial charge on any atom is -0.478 e. The summed E-state index contributed by atoms with van der Waals surface area (Å²) in [4.78, 5) is 19.5. The molecule has 1 unspecified atom stereocenters. The van der Waals surface area contributed by atoms with Gasteiger partial charge in [-0.25, -0.2) is 9.37 Å². The topological polar surface area (TPSA) is 55.6 Å². The maximum Gasteiger partial charge on any atom is 0.266 e. The third-order valence-electron chi connectivity index (χ3n) is 5.65. The first kappa shape index (κ1) is 22.3. The molecule has 0 radical (unpaired) electrons. The molecule has 7 heteroatoms. The minimum atomic E-state index is -1.08. The number of halogens is 2. The molecule has 1 amide bonds. The molecule has 2 aromatic carbocycles. The summed E-state index contributed by atoms with van der Waals surface area (Å²) in [6.07, 6.45) is 4.06. The number of oxazole rings is 1. The standard InChI is InChI=1S/C25H26ClFN2O3/c1-25(2,32-20-11-9-19(27)10-12-20)24(30)29-13-5-7-18(16-29)23-28-15-21(31-23)14-17-6-3-4-8-22(17)26/h3-4,6,8-12,15,18H,5,7,13-14,16H2,1-2H3. The molecule has 32 heavy (non-hydrogen) atoms. The molecule has 3 aromatic rings. The molecule has 1 saturated heterocycles. The van der Waals surface area contributed by atoms with E-state index in [4.69, 9.17) is 20.8 Å². The van der Waals surface area contributed by atoms with E-state index in [9.17, 15) is 9.18 Å². The van der Waals surface area contributed by atoms with Gasteiger partial charge in [-0.05, 0) is 62.6 Å². The van der Waals surface area contributed by atoms with Crippen LogP contribution in [-0.4, -0.2) is 34.5 Å². The normalized spacial score (nSPS) is 16.8. The van der Waals surface area contributed by atoms with E-state index in [1.807, 2.05) is 24.3 Å². The fraction of sp³-hybridized carbons (Fsp3) is 0.360. The summed E-state index contributed by atoms with van der Waals surface area (Å²) >= 11 is 6.26. The smallest absolute Gasteiger partial charge is 0.266 e. The Kier molecular flexibility index (Phi) is 6.51. The molecule has 4 rings (SSSR count). The molecule has 0 N–H and O–H groups in total. The molecule has 1 aliphatic heterocycles. The van der Waals surface area contributed by atoms with Gasteiger partial charge in [0.2, 0.25) is 0 Å². The van der Waals surface area contributed by atoms with Crippen LogP contribution in [0.5, 0.6) is 5.75 Å². The molecule has 1 fully saturated rings. The predicted molar refractivity (Wildman–Crippen MR) is 120 cm³/mol. The molecule has 2 heterocycles. The number of rotatable bonds is 6. The Bertz CT molecular complexity index is 1080. The van der Waals surface area contributed by atoms with E-state index in [1.54, 1.807) is 24.9 Å². The maximum atomic E-state index is 13.2. The highest BCUT2D eigenvalue weighted by Crippen LogP contribution is 2.30. The van der Waals surface area contributed by atoms with Gasteiger partial charge in [0.1, 0.15) is 17.3 Å². The van der Waals surface area contributed by atoms with Gasteiger partial charge in [-0.15, -0.1) is 0 Å². The van der Waals surface area contributed by atoms with Crippen LogP contribution in [0.3, 0.4) is 0 Å². The molecule has 1 aromatic heterocycles. The molecule has 168 valence electrons. The molecule has 0 saturated carbocycles. The Hall–Kier alpha value is -2.86. The van der Waals surface area contributed by atoms with Crippen molar-refractivity contribution in [1.82, 2.24) is 9.88 Å². The van der Waals surface area contributed by atoms with Crippen molar-refractivity contribution in [1.29, 1.82) is 0 Å². The van der Waals surface area contributed by atoms with E-state index >= 15 is 0 Å². The third-order valence-corrected chi connectivity index (χ3v) is 6.02. The lowest BCUT2D eigenvalue weighted by Gasteiger charge is -2.36. The van der Waals surface area contributed by atoms with Gasteiger partial charge in [0.25, 0.3) is 5.91 Å². The number of ether oxygens (including phenoxy) is 1.